The Balaban J connectivity index is 3.08. The van der Waals surface area contributed by atoms with Gasteiger partial charge in [-0.25, -0.2) is 0 Å². The van der Waals surface area contributed by atoms with E-state index in [-0.39, 0.29) is 5.78 Å². The minimum Gasteiger partial charge on any atom is -0.388 e. The van der Waals surface area contributed by atoms with Gasteiger partial charge in [0, 0.05) is 15.4 Å². The van der Waals surface area contributed by atoms with Crippen LogP contribution in [0.1, 0.15) is 15.9 Å². The number of aliphatic hydroxyl groups is 1. The van der Waals surface area contributed by atoms with Crippen LogP contribution in [0.2, 0.25) is 0 Å². The lowest BCUT2D eigenvalue weighted by molar-refractivity contribution is 0.0903. The van der Waals surface area contributed by atoms with Crippen molar-refractivity contribution in [3.05, 3.63) is 33.8 Å². The zero-order valence-electron chi connectivity index (χ0n) is 6.76. The number of carbonyl (C=O) groups is 1. The van der Waals surface area contributed by atoms with Crippen molar-refractivity contribution < 1.29 is 9.90 Å². The van der Waals surface area contributed by atoms with Gasteiger partial charge in [0.1, 0.15) is 6.61 Å². The fourth-order valence-corrected chi connectivity index (χ4v) is 1.84. The molecule has 1 aromatic carbocycles. The quantitative estimate of drug-likeness (QED) is 0.688. The molecule has 0 spiro atoms. The summed E-state index contributed by atoms with van der Waals surface area (Å²) >= 11 is 6.60. The maximum absolute atomic E-state index is 11.1. The Morgan fingerprint density at radius 1 is 1.38 bits per heavy atom. The van der Waals surface area contributed by atoms with E-state index in [1.807, 2.05) is 6.07 Å². The number of Topliss-reactive ketones (excluding diaryl/α,β-unsaturated/α-hetero) is 1. The molecule has 0 heterocycles. The van der Waals surface area contributed by atoms with E-state index in [4.69, 9.17) is 5.11 Å². The summed E-state index contributed by atoms with van der Waals surface area (Å²) < 4.78 is 0.848. The molecule has 0 aliphatic heterocycles. The van der Waals surface area contributed by atoms with Crippen LogP contribution in [0.5, 0.6) is 0 Å². The van der Waals surface area contributed by atoms with Crippen LogP contribution in [0, 0.1) is 0 Å². The van der Waals surface area contributed by atoms with Gasteiger partial charge in [0.2, 0.25) is 0 Å². The standard InChI is InChI=1S/C9H8Br2O2/c10-4-6-1-7(9(13)5-12)3-8(11)2-6/h1-3,12H,4-5H2. The van der Waals surface area contributed by atoms with Crippen LogP contribution in [0.3, 0.4) is 0 Å². The highest BCUT2D eigenvalue weighted by Crippen LogP contribution is 2.18. The number of hydrogen-bond donors (Lipinski definition) is 1. The maximum atomic E-state index is 11.1. The molecule has 70 valence electrons. The van der Waals surface area contributed by atoms with Crippen molar-refractivity contribution in [3.8, 4) is 0 Å². The maximum Gasteiger partial charge on any atom is 0.188 e. The van der Waals surface area contributed by atoms with Crippen LogP contribution >= 0.6 is 31.9 Å². The van der Waals surface area contributed by atoms with Crippen molar-refractivity contribution >= 4 is 37.6 Å². The van der Waals surface area contributed by atoms with Crippen molar-refractivity contribution in [3.63, 3.8) is 0 Å². The first-order valence-electron chi connectivity index (χ1n) is 3.67. The second-order valence-electron chi connectivity index (χ2n) is 2.56. The molecule has 0 bridgehead atoms. The molecule has 0 saturated carbocycles. The summed E-state index contributed by atoms with van der Waals surface area (Å²) in [5.41, 5.74) is 1.54. The first-order chi connectivity index (χ1) is 6.17. The molecule has 0 aliphatic carbocycles. The van der Waals surface area contributed by atoms with Gasteiger partial charge in [0.05, 0.1) is 0 Å². The minimum atomic E-state index is -0.446. The Bertz CT molecular complexity index is 323. The lowest BCUT2D eigenvalue weighted by atomic mass is 10.1. The van der Waals surface area contributed by atoms with E-state index in [1.54, 1.807) is 12.1 Å². The summed E-state index contributed by atoms with van der Waals surface area (Å²) in [6.07, 6.45) is 0. The lowest BCUT2D eigenvalue weighted by Crippen LogP contribution is -2.04. The summed E-state index contributed by atoms with van der Waals surface area (Å²) in [6.45, 7) is -0.446. The Morgan fingerprint density at radius 2 is 2.08 bits per heavy atom. The number of benzene rings is 1. The molecule has 0 fully saturated rings. The second-order valence-corrected chi connectivity index (χ2v) is 4.04. The average Bonchev–Trinajstić information content (AvgIpc) is 2.15. The number of hydrogen-bond acceptors (Lipinski definition) is 2. The Hall–Kier alpha value is -0.190. The zero-order chi connectivity index (χ0) is 9.84. The summed E-state index contributed by atoms with van der Waals surface area (Å²) in [5.74, 6) is -0.261. The third-order valence-corrected chi connectivity index (χ3v) is 2.68. The van der Waals surface area contributed by atoms with Gasteiger partial charge in [-0.2, -0.15) is 0 Å². The summed E-state index contributed by atoms with van der Waals surface area (Å²) in [7, 11) is 0. The van der Waals surface area contributed by atoms with E-state index < -0.39 is 6.61 Å². The van der Waals surface area contributed by atoms with Gasteiger partial charge in [-0.1, -0.05) is 31.9 Å². The largest absolute Gasteiger partial charge is 0.388 e. The first kappa shape index (κ1) is 10.9. The average molecular weight is 308 g/mol. The van der Waals surface area contributed by atoms with Gasteiger partial charge in [0.15, 0.2) is 5.78 Å². The van der Waals surface area contributed by atoms with Crippen molar-refractivity contribution in [2.45, 2.75) is 5.33 Å². The smallest absolute Gasteiger partial charge is 0.188 e. The summed E-state index contributed by atoms with van der Waals surface area (Å²) in [5, 5.41) is 9.36. The topological polar surface area (TPSA) is 37.3 Å². The molecule has 4 heteroatoms. The van der Waals surface area contributed by atoms with Crippen LogP contribution in [-0.4, -0.2) is 17.5 Å². The number of rotatable bonds is 3. The van der Waals surface area contributed by atoms with Crippen LogP contribution in [0.15, 0.2) is 22.7 Å². The zero-order valence-corrected chi connectivity index (χ0v) is 9.93. The monoisotopic (exact) mass is 306 g/mol. The molecule has 13 heavy (non-hydrogen) atoms. The van der Waals surface area contributed by atoms with E-state index in [9.17, 15) is 4.79 Å². The molecule has 0 amide bonds. The normalized spacial score (nSPS) is 10.1. The van der Waals surface area contributed by atoms with Crippen molar-refractivity contribution in [1.82, 2.24) is 0 Å². The van der Waals surface area contributed by atoms with Gasteiger partial charge < -0.3 is 5.11 Å². The van der Waals surface area contributed by atoms with Crippen LogP contribution < -0.4 is 0 Å². The molecule has 0 radical (unpaired) electrons. The fourth-order valence-electron chi connectivity index (χ4n) is 0.980. The highest BCUT2D eigenvalue weighted by atomic mass is 79.9. The molecule has 0 unspecified atom stereocenters. The second kappa shape index (κ2) is 4.88. The molecule has 0 aliphatic rings. The molecule has 1 aromatic rings. The minimum absolute atomic E-state index is 0.261. The summed E-state index contributed by atoms with van der Waals surface area (Å²) in [4.78, 5) is 11.1. The predicted octanol–water partition coefficient (Wildman–Crippen LogP) is 2.52. The Kier molecular flexibility index (Phi) is 4.09. The number of halogens is 2. The first-order valence-corrected chi connectivity index (χ1v) is 5.58. The number of alkyl halides is 1. The van der Waals surface area contributed by atoms with Gasteiger partial charge in [-0.15, -0.1) is 0 Å². The van der Waals surface area contributed by atoms with E-state index >= 15 is 0 Å². The molecule has 0 aromatic heterocycles. The van der Waals surface area contributed by atoms with E-state index in [0.29, 0.717) is 10.9 Å². The van der Waals surface area contributed by atoms with Crippen molar-refractivity contribution in [1.29, 1.82) is 0 Å². The number of aliphatic hydroxyl groups excluding tert-OH is 1. The predicted molar refractivity (Wildman–Crippen MR) is 58.2 cm³/mol. The molecule has 0 saturated heterocycles. The van der Waals surface area contributed by atoms with E-state index in [0.717, 1.165) is 10.0 Å². The molecule has 1 N–H and O–H groups in total. The Labute approximate surface area is 93.2 Å². The highest BCUT2D eigenvalue weighted by molar-refractivity contribution is 9.10. The molecule has 1 rings (SSSR count). The summed E-state index contributed by atoms with van der Waals surface area (Å²) in [6, 6.07) is 5.38. The number of carbonyl (C=O) groups excluding carboxylic acids is 1. The van der Waals surface area contributed by atoms with E-state index in [2.05, 4.69) is 31.9 Å². The highest BCUT2D eigenvalue weighted by Gasteiger charge is 2.05. The number of ketones is 1. The van der Waals surface area contributed by atoms with Crippen molar-refractivity contribution in [2.75, 3.05) is 6.61 Å². The van der Waals surface area contributed by atoms with E-state index in [1.165, 1.54) is 0 Å². The molecule has 0 atom stereocenters. The third-order valence-electron chi connectivity index (χ3n) is 1.58. The lowest BCUT2D eigenvalue weighted by Gasteiger charge is -2.02. The molecular weight excluding hydrogens is 300 g/mol. The van der Waals surface area contributed by atoms with Gasteiger partial charge >= 0.3 is 0 Å². The Morgan fingerprint density at radius 3 is 2.62 bits per heavy atom. The van der Waals surface area contributed by atoms with Crippen LogP contribution in [-0.2, 0) is 5.33 Å². The fraction of sp³-hybridized carbons (Fsp3) is 0.222. The third kappa shape index (κ3) is 2.90. The van der Waals surface area contributed by atoms with Crippen LogP contribution in [0.25, 0.3) is 0 Å². The SMILES string of the molecule is O=C(CO)c1cc(Br)cc(CBr)c1. The van der Waals surface area contributed by atoms with Crippen LogP contribution in [0.4, 0.5) is 0 Å². The van der Waals surface area contributed by atoms with Crippen molar-refractivity contribution in [2.24, 2.45) is 0 Å². The van der Waals surface area contributed by atoms with Gasteiger partial charge in [-0.3, -0.25) is 4.79 Å². The van der Waals surface area contributed by atoms with Gasteiger partial charge in [0.25, 0.3) is 0 Å². The molecular formula is C9H8Br2O2. The van der Waals surface area contributed by atoms with Gasteiger partial charge in [-0.05, 0) is 23.8 Å². The molecule has 2 nitrogen and oxygen atoms in total.